The number of nitrogens with one attached hydrogen (secondary N) is 1. The van der Waals surface area contributed by atoms with Crippen LogP contribution in [0.4, 0.5) is 0 Å². The Balaban J connectivity index is 1.44. The van der Waals surface area contributed by atoms with Crippen molar-refractivity contribution in [1.82, 2.24) is 20.3 Å². The highest BCUT2D eigenvalue weighted by molar-refractivity contribution is 5.77. The third kappa shape index (κ3) is 3.89. The predicted molar refractivity (Wildman–Crippen MR) is 103 cm³/mol. The first kappa shape index (κ1) is 17.4. The van der Waals surface area contributed by atoms with Crippen LogP contribution in [0, 0.1) is 12.8 Å². The zero-order valence-electron chi connectivity index (χ0n) is 15.3. The fraction of sp³-hybridized carbons (Fsp3) is 0.333. The minimum atomic E-state index is -0.217. The van der Waals surface area contributed by atoms with Crippen LogP contribution in [-0.4, -0.2) is 20.9 Å². The first-order valence-corrected chi connectivity index (χ1v) is 9.30. The number of rotatable bonds is 6. The molecule has 1 aliphatic carbocycles. The van der Waals surface area contributed by atoms with E-state index in [1.54, 1.807) is 18.2 Å². The summed E-state index contributed by atoms with van der Waals surface area (Å²) >= 11 is 0. The molecule has 1 amide bonds. The molecule has 1 aromatic heterocycles. The maximum absolute atomic E-state index is 12.5. The number of hydrogen-bond donors (Lipinski definition) is 1. The number of aromatic nitrogens is 3. The summed E-state index contributed by atoms with van der Waals surface area (Å²) in [6, 6.07) is 15.4. The average molecular weight is 362 g/mol. The molecule has 4 rings (SSSR count). The molecular weight excluding hydrogens is 340 g/mol. The van der Waals surface area contributed by atoms with Gasteiger partial charge in [-0.1, -0.05) is 47.2 Å². The summed E-state index contributed by atoms with van der Waals surface area (Å²) in [7, 11) is 0. The van der Waals surface area contributed by atoms with Gasteiger partial charge in [-0.05, 0) is 43.4 Å². The first-order valence-electron chi connectivity index (χ1n) is 9.30. The van der Waals surface area contributed by atoms with Crippen molar-refractivity contribution in [3.8, 4) is 0 Å². The Morgan fingerprint density at radius 2 is 1.93 bits per heavy atom. The molecular formula is C21H22N4O2. The second-order valence-corrected chi connectivity index (χ2v) is 7.18. The highest BCUT2D eigenvalue weighted by Gasteiger charge is 2.33. The summed E-state index contributed by atoms with van der Waals surface area (Å²) in [6.45, 7) is 2.27. The Hall–Kier alpha value is -3.02. The number of amides is 1. The fourth-order valence-corrected chi connectivity index (χ4v) is 3.30. The van der Waals surface area contributed by atoms with Crippen molar-refractivity contribution >= 4 is 16.8 Å². The van der Waals surface area contributed by atoms with Crippen LogP contribution in [-0.2, 0) is 11.3 Å². The van der Waals surface area contributed by atoms with Crippen molar-refractivity contribution in [2.24, 2.45) is 5.92 Å². The van der Waals surface area contributed by atoms with E-state index in [9.17, 15) is 9.59 Å². The van der Waals surface area contributed by atoms with Crippen molar-refractivity contribution in [1.29, 1.82) is 0 Å². The van der Waals surface area contributed by atoms with E-state index >= 15 is 0 Å². The number of aryl methyl sites for hydroxylation is 2. The molecule has 0 aliphatic heterocycles. The van der Waals surface area contributed by atoms with Crippen molar-refractivity contribution in [2.45, 2.75) is 38.8 Å². The van der Waals surface area contributed by atoms with Gasteiger partial charge in [0.05, 0.1) is 18.0 Å². The molecule has 138 valence electrons. The molecule has 6 heteroatoms. The van der Waals surface area contributed by atoms with Crippen LogP contribution in [0.25, 0.3) is 10.9 Å². The molecule has 0 saturated heterocycles. The van der Waals surface area contributed by atoms with E-state index in [1.807, 2.05) is 6.07 Å². The van der Waals surface area contributed by atoms with E-state index in [2.05, 4.69) is 46.8 Å². The van der Waals surface area contributed by atoms with Gasteiger partial charge in [-0.3, -0.25) is 9.59 Å². The number of carbonyl (C=O) groups is 1. The SMILES string of the molecule is Cc1ccc([C@H](NC(=O)CCn2nnc3ccccc3c2=O)C2CC2)cc1. The molecule has 0 spiro atoms. The van der Waals surface area contributed by atoms with E-state index < -0.39 is 0 Å². The highest BCUT2D eigenvalue weighted by Crippen LogP contribution is 2.41. The minimum Gasteiger partial charge on any atom is -0.349 e. The Labute approximate surface area is 157 Å². The Morgan fingerprint density at radius 1 is 1.19 bits per heavy atom. The van der Waals surface area contributed by atoms with Gasteiger partial charge in [-0.2, -0.15) is 0 Å². The largest absolute Gasteiger partial charge is 0.349 e. The molecule has 2 aromatic carbocycles. The summed E-state index contributed by atoms with van der Waals surface area (Å²) in [5.74, 6) is 0.425. The van der Waals surface area contributed by atoms with Gasteiger partial charge < -0.3 is 5.32 Å². The molecule has 6 nitrogen and oxygen atoms in total. The van der Waals surface area contributed by atoms with Crippen LogP contribution in [0.2, 0.25) is 0 Å². The molecule has 3 aromatic rings. The second-order valence-electron chi connectivity index (χ2n) is 7.18. The average Bonchev–Trinajstić information content (AvgIpc) is 3.52. The Bertz CT molecular complexity index is 1020. The van der Waals surface area contributed by atoms with Gasteiger partial charge in [-0.15, -0.1) is 5.10 Å². The lowest BCUT2D eigenvalue weighted by molar-refractivity contribution is -0.122. The van der Waals surface area contributed by atoms with Crippen LogP contribution in [0.15, 0.2) is 53.3 Å². The standard InChI is InChI=1S/C21H22N4O2/c1-14-6-8-15(9-7-14)20(16-10-11-16)22-19(26)12-13-25-21(27)17-4-2-3-5-18(17)23-24-25/h2-9,16,20H,10-13H2,1H3,(H,22,26)/t20-/m0/s1. The summed E-state index contributed by atoms with van der Waals surface area (Å²) < 4.78 is 1.26. The van der Waals surface area contributed by atoms with Crippen molar-refractivity contribution in [3.63, 3.8) is 0 Å². The normalized spacial score (nSPS) is 14.9. The smallest absolute Gasteiger partial charge is 0.277 e. The van der Waals surface area contributed by atoms with E-state index in [-0.39, 0.29) is 30.5 Å². The van der Waals surface area contributed by atoms with Gasteiger partial charge in [0.1, 0.15) is 5.52 Å². The monoisotopic (exact) mass is 362 g/mol. The van der Waals surface area contributed by atoms with Gasteiger partial charge in [0, 0.05) is 6.42 Å². The van der Waals surface area contributed by atoms with Crippen LogP contribution in [0.3, 0.4) is 0 Å². The fourth-order valence-electron chi connectivity index (χ4n) is 3.30. The third-order valence-electron chi connectivity index (χ3n) is 5.03. The quantitative estimate of drug-likeness (QED) is 0.731. The molecule has 1 saturated carbocycles. The Morgan fingerprint density at radius 3 is 2.67 bits per heavy atom. The molecule has 1 atom stereocenters. The summed E-state index contributed by atoms with van der Waals surface area (Å²) in [6.07, 6.45) is 2.46. The molecule has 1 N–H and O–H groups in total. The molecule has 1 fully saturated rings. The van der Waals surface area contributed by atoms with E-state index in [0.717, 1.165) is 18.4 Å². The zero-order chi connectivity index (χ0) is 18.8. The number of hydrogen-bond acceptors (Lipinski definition) is 4. The van der Waals surface area contributed by atoms with Gasteiger partial charge in [0.25, 0.3) is 5.56 Å². The second kappa shape index (κ2) is 7.31. The van der Waals surface area contributed by atoms with Gasteiger partial charge >= 0.3 is 0 Å². The number of nitrogens with zero attached hydrogens (tertiary/aromatic N) is 3. The lowest BCUT2D eigenvalue weighted by atomic mass is 10.0. The summed E-state index contributed by atoms with van der Waals surface area (Å²) in [4.78, 5) is 25.0. The van der Waals surface area contributed by atoms with Crippen molar-refractivity contribution in [3.05, 3.63) is 70.0 Å². The van der Waals surface area contributed by atoms with Gasteiger partial charge in [-0.25, -0.2) is 4.68 Å². The lowest BCUT2D eigenvalue weighted by Crippen LogP contribution is -2.32. The zero-order valence-corrected chi connectivity index (χ0v) is 15.3. The lowest BCUT2D eigenvalue weighted by Gasteiger charge is -2.19. The van der Waals surface area contributed by atoms with Crippen molar-refractivity contribution < 1.29 is 4.79 Å². The highest BCUT2D eigenvalue weighted by atomic mass is 16.2. The van der Waals surface area contributed by atoms with Crippen molar-refractivity contribution in [2.75, 3.05) is 0 Å². The van der Waals surface area contributed by atoms with Crippen LogP contribution in [0.1, 0.15) is 36.4 Å². The number of fused-ring (bicyclic) bond motifs is 1. The van der Waals surface area contributed by atoms with Crippen LogP contribution in [0.5, 0.6) is 0 Å². The van der Waals surface area contributed by atoms with Gasteiger partial charge in [0.15, 0.2) is 0 Å². The topological polar surface area (TPSA) is 76.9 Å². The van der Waals surface area contributed by atoms with E-state index in [0.29, 0.717) is 16.8 Å². The molecule has 1 aliphatic rings. The molecule has 1 heterocycles. The van der Waals surface area contributed by atoms with Gasteiger partial charge in [0.2, 0.25) is 5.91 Å². The summed E-state index contributed by atoms with van der Waals surface area (Å²) in [5, 5.41) is 11.7. The van der Waals surface area contributed by atoms with Crippen LogP contribution >= 0.6 is 0 Å². The molecule has 0 radical (unpaired) electrons. The first-order chi connectivity index (χ1) is 13.1. The number of benzene rings is 2. The molecule has 0 unspecified atom stereocenters. The third-order valence-corrected chi connectivity index (χ3v) is 5.03. The maximum atomic E-state index is 12.5. The summed E-state index contributed by atoms with van der Waals surface area (Å²) in [5.41, 5.74) is 2.69. The maximum Gasteiger partial charge on any atom is 0.277 e. The van der Waals surface area contributed by atoms with E-state index in [1.165, 1.54) is 10.2 Å². The van der Waals surface area contributed by atoms with E-state index in [4.69, 9.17) is 0 Å². The molecule has 0 bridgehead atoms. The Kier molecular flexibility index (Phi) is 4.71. The predicted octanol–water partition coefficient (Wildman–Crippen LogP) is 2.76. The number of carbonyl (C=O) groups excluding carboxylic acids is 1. The molecule has 27 heavy (non-hydrogen) atoms. The minimum absolute atomic E-state index is 0.0394. The van der Waals surface area contributed by atoms with Crippen LogP contribution < -0.4 is 10.9 Å².